The molecule has 27 heavy (non-hydrogen) atoms. The number of anilines is 2. The molecule has 144 valence electrons. The van der Waals surface area contributed by atoms with Crippen LogP contribution in [0.4, 0.5) is 11.4 Å². The summed E-state index contributed by atoms with van der Waals surface area (Å²) >= 11 is 0. The minimum Gasteiger partial charge on any atom is -0.355 e. The molecule has 0 heterocycles. The van der Waals surface area contributed by atoms with Crippen LogP contribution in [-0.2, 0) is 10.8 Å². The number of benzene rings is 2. The highest BCUT2D eigenvalue weighted by molar-refractivity contribution is 5.70. The van der Waals surface area contributed by atoms with Gasteiger partial charge in [0, 0.05) is 11.4 Å². The Labute approximate surface area is 165 Å². The number of nitrogens with one attached hydrogen (secondary N) is 1. The Kier molecular flexibility index (Phi) is 4.82. The Hall–Kier alpha value is -1.76. The predicted molar refractivity (Wildman–Crippen MR) is 117 cm³/mol. The van der Waals surface area contributed by atoms with Crippen LogP contribution in [0.5, 0.6) is 0 Å². The van der Waals surface area contributed by atoms with Gasteiger partial charge in [-0.3, -0.25) is 0 Å². The number of rotatable bonds is 3. The molecule has 0 aliphatic heterocycles. The van der Waals surface area contributed by atoms with Gasteiger partial charge in [0.15, 0.2) is 0 Å². The first-order valence-electron chi connectivity index (χ1n) is 10.9. The summed E-state index contributed by atoms with van der Waals surface area (Å²) in [5, 5.41) is 3.89. The fourth-order valence-electron chi connectivity index (χ4n) is 5.36. The smallest absolute Gasteiger partial charge is 0.0425 e. The standard InChI is InChI=1S/C26H35N/c1-25(2)17-18-26(3,4)24-21(25)14-10-16-23(24)27-22-15-9-8-13-20(22)19-11-6-5-7-12-19/h8-10,13-16,19,27H,5-7,11-12,17-18H2,1-4H3. The van der Waals surface area contributed by atoms with E-state index in [0.29, 0.717) is 5.92 Å². The Balaban J connectivity index is 1.75. The van der Waals surface area contributed by atoms with E-state index in [0.717, 1.165) is 0 Å². The van der Waals surface area contributed by atoms with Crippen LogP contribution in [0.3, 0.4) is 0 Å². The summed E-state index contributed by atoms with van der Waals surface area (Å²) in [5.74, 6) is 0.714. The highest BCUT2D eigenvalue weighted by atomic mass is 14.9. The summed E-state index contributed by atoms with van der Waals surface area (Å²) in [7, 11) is 0. The third-order valence-corrected chi connectivity index (χ3v) is 7.12. The van der Waals surface area contributed by atoms with E-state index in [4.69, 9.17) is 0 Å². The van der Waals surface area contributed by atoms with E-state index < -0.39 is 0 Å². The number of fused-ring (bicyclic) bond motifs is 1. The second kappa shape index (κ2) is 7.00. The lowest BCUT2D eigenvalue weighted by atomic mass is 9.62. The van der Waals surface area contributed by atoms with E-state index in [1.807, 2.05) is 0 Å². The maximum absolute atomic E-state index is 3.89. The Morgan fingerprint density at radius 2 is 1.41 bits per heavy atom. The molecule has 1 heteroatoms. The SMILES string of the molecule is CC1(C)CCC(C)(C)c2c(Nc3ccccc3C3CCCCC3)cccc21. The van der Waals surface area contributed by atoms with Gasteiger partial charge in [-0.1, -0.05) is 77.3 Å². The molecule has 2 aliphatic carbocycles. The maximum Gasteiger partial charge on any atom is 0.0425 e. The lowest BCUT2D eigenvalue weighted by Crippen LogP contribution is -2.34. The number of para-hydroxylation sites is 1. The molecule has 0 spiro atoms. The maximum atomic E-state index is 3.89. The van der Waals surface area contributed by atoms with Crippen LogP contribution in [0.2, 0.25) is 0 Å². The highest BCUT2D eigenvalue weighted by Gasteiger charge is 2.38. The Morgan fingerprint density at radius 1 is 0.741 bits per heavy atom. The molecule has 0 radical (unpaired) electrons. The topological polar surface area (TPSA) is 12.0 Å². The number of hydrogen-bond acceptors (Lipinski definition) is 1. The molecular formula is C26H35N. The summed E-state index contributed by atoms with van der Waals surface area (Å²) in [6, 6.07) is 15.9. The zero-order valence-electron chi connectivity index (χ0n) is 17.6. The van der Waals surface area contributed by atoms with E-state index in [-0.39, 0.29) is 10.8 Å². The largest absolute Gasteiger partial charge is 0.355 e. The second-order valence-corrected chi connectivity index (χ2v) is 10.0. The van der Waals surface area contributed by atoms with Gasteiger partial charge in [-0.05, 0) is 71.3 Å². The minimum atomic E-state index is 0.216. The van der Waals surface area contributed by atoms with Crippen molar-refractivity contribution in [3.8, 4) is 0 Å². The zero-order valence-corrected chi connectivity index (χ0v) is 17.6. The van der Waals surface area contributed by atoms with Crippen LogP contribution in [0.1, 0.15) is 95.2 Å². The Morgan fingerprint density at radius 3 is 2.19 bits per heavy atom. The molecule has 0 saturated heterocycles. The molecule has 0 amide bonds. The van der Waals surface area contributed by atoms with Crippen molar-refractivity contribution in [3.63, 3.8) is 0 Å². The van der Waals surface area contributed by atoms with Crippen molar-refractivity contribution in [2.45, 2.75) is 89.4 Å². The van der Waals surface area contributed by atoms with Crippen molar-refractivity contribution in [1.29, 1.82) is 0 Å². The van der Waals surface area contributed by atoms with Crippen LogP contribution in [0.25, 0.3) is 0 Å². The van der Waals surface area contributed by atoms with Crippen molar-refractivity contribution < 1.29 is 0 Å². The van der Waals surface area contributed by atoms with E-state index in [1.54, 1.807) is 0 Å². The molecule has 2 aromatic rings. The third kappa shape index (κ3) is 3.53. The molecule has 1 N–H and O–H groups in total. The molecule has 0 bridgehead atoms. The predicted octanol–water partition coefficient (Wildman–Crippen LogP) is 7.83. The van der Waals surface area contributed by atoms with Crippen LogP contribution in [0.15, 0.2) is 42.5 Å². The quantitative estimate of drug-likeness (QED) is 0.587. The fraction of sp³-hybridized carbons (Fsp3) is 0.538. The van der Waals surface area contributed by atoms with Crippen LogP contribution < -0.4 is 5.32 Å². The summed E-state index contributed by atoms with van der Waals surface area (Å²) in [5.41, 5.74) is 7.67. The monoisotopic (exact) mass is 361 g/mol. The molecule has 0 atom stereocenters. The Bertz CT molecular complexity index is 809. The van der Waals surface area contributed by atoms with Crippen LogP contribution in [-0.4, -0.2) is 0 Å². The van der Waals surface area contributed by atoms with Gasteiger partial charge in [-0.15, -0.1) is 0 Å². The molecule has 1 nitrogen and oxygen atoms in total. The van der Waals surface area contributed by atoms with Crippen molar-refractivity contribution >= 4 is 11.4 Å². The van der Waals surface area contributed by atoms with Gasteiger partial charge >= 0.3 is 0 Å². The first kappa shape index (κ1) is 18.6. The average Bonchev–Trinajstić information content (AvgIpc) is 2.67. The van der Waals surface area contributed by atoms with E-state index >= 15 is 0 Å². The van der Waals surface area contributed by atoms with Gasteiger partial charge in [0.2, 0.25) is 0 Å². The normalized spacial score (nSPS) is 21.5. The fourth-order valence-corrected chi connectivity index (χ4v) is 5.36. The summed E-state index contributed by atoms with van der Waals surface area (Å²) < 4.78 is 0. The summed E-state index contributed by atoms with van der Waals surface area (Å²) in [6.45, 7) is 9.64. The summed E-state index contributed by atoms with van der Waals surface area (Å²) in [6.07, 6.45) is 9.34. The van der Waals surface area contributed by atoms with E-state index in [9.17, 15) is 0 Å². The van der Waals surface area contributed by atoms with E-state index in [2.05, 4.69) is 75.5 Å². The molecule has 4 rings (SSSR count). The lowest BCUT2D eigenvalue weighted by Gasteiger charge is -2.43. The first-order chi connectivity index (χ1) is 12.9. The molecular weight excluding hydrogens is 326 g/mol. The molecule has 0 unspecified atom stereocenters. The molecule has 1 fully saturated rings. The zero-order chi connectivity index (χ0) is 19.1. The van der Waals surface area contributed by atoms with Crippen molar-refractivity contribution in [1.82, 2.24) is 0 Å². The van der Waals surface area contributed by atoms with Crippen molar-refractivity contribution in [2.24, 2.45) is 0 Å². The van der Waals surface area contributed by atoms with Crippen LogP contribution >= 0.6 is 0 Å². The van der Waals surface area contributed by atoms with Gasteiger partial charge in [0.05, 0.1) is 0 Å². The van der Waals surface area contributed by atoms with Crippen LogP contribution in [0, 0.1) is 0 Å². The molecule has 0 aromatic heterocycles. The molecule has 2 aliphatic rings. The lowest BCUT2D eigenvalue weighted by molar-refractivity contribution is 0.333. The van der Waals surface area contributed by atoms with Gasteiger partial charge < -0.3 is 5.32 Å². The van der Waals surface area contributed by atoms with Gasteiger partial charge in [0.25, 0.3) is 0 Å². The average molecular weight is 362 g/mol. The second-order valence-electron chi connectivity index (χ2n) is 10.0. The van der Waals surface area contributed by atoms with Gasteiger partial charge in [-0.25, -0.2) is 0 Å². The molecule has 1 saturated carbocycles. The van der Waals surface area contributed by atoms with Crippen molar-refractivity contribution in [2.75, 3.05) is 5.32 Å². The highest BCUT2D eigenvalue weighted by Crippen LogP contribution is 2.49. The first-order valence-corrected chi connectivity index (χ1v) is 10.9. The van der Waals surface area contributed by atoms with Gasteiger partial charge in [0.1, 0.15) is 0 Å². The number of hydrogen-bond donors (Lipinski definition) is 1. The van der Waals surface area contributed by atoms with Gasteiger partial charge in [-0.2, -0.15) is 0 Å². The van der Waals surface area contributed by atoms with Crippen molar-refractivity contribution in [3.05, 3.63) is 59.2 Å². The third-order valence-electron chi connectivity index (χ3n) is 7.12. The molecule has 2 aromatic carbocycles. The van der Waals surface area contributed by atoms with E-state index in [1.165, 1.54) is 73.0 Å². The minimum absolute atomic E-state index is 0.216. The summed E-state index contributed by atoms with van der Waals surface area (Å²) in [4.78, 5) is 0.